The van der Waals surface area contributed by atoms with Crippen LogP contribution in [-0.2, 0) is 19.1 Å². The number of amides is 2. The maximum Gasteiger partial charge on any atom is 0.429 e. The highest BCUT2D eigenvalue weighted by Gasteiger charge is 2.35. The third-order valence-electron chi connectivity index (χ3n) is 5.57. The first-order chi connectivity index (χ1) is 16.3. The molecule has 2 aliphatic heterocycles. The van der Waals surface area contributed by atoms with Gasteiger partial charge in [0.15, 0.2) is 5.69 Å². The van der Waals surface area contributed by atoms with E-state index in [0.29, 0.717) is 41.6 Å². The van der Waals surface area contributed by atoms with Crippen LogP contribution < -0.4 is 20.3 Å². The first-order valence-corrected chi connectivity index (χ1v) is 10.4. The van der Waals surface area contributed by atoms with Crippen LogP contribution in [0.2, 0.25) is 0 Å². The Hall–Kier alpha value is -3.83. The van der Waals surface area contributed by atoms with E-state index >= 15 is 0 Å². The molecule has 3 aromatic rings. The van der Waals surface area contributed by atoms with Crippen LogP contribution in [0.1, 0.15) is 22.4 Å². The molecule has 11 heteroatoms. The number of hydrogen-bond donors (Lipinski definition) is 3. The van der Waals surface area contributed by atoms with E-state index in [1.807, 2.05) is 0 Å². The lowest BCUT2D eigenvalue weighted by molar-refractivity contribution is -0.672. The van der Waals surface area contributed by atoms with Crippen molar-refractivity contribution in [2.24, 2.45) is 0 Å². The van der Waals surface area contributed by atoms with Crippen molar-refractivity contribution in [3.05, 3.63) is 77.1 Å². The van der Waals surface area contributed by atoms with Crippen molar-refractivity contribution in [3.63, 3.8) is 0 Å². The molecule has 3 heterocycles. The lowest BCUT2D eigenvalue weighted by Crippen LogP contribution is -3.05. The molecule has 0 spiro atoms. The van der Waals surface area contributed by atoms with Gasteiger partial charge in [-0.25, -0.2) is 19.2 Å². The summed E-state index contributed by atoms with van der Waals surface area (Å²) in [6.45, 7) is 1.45. The number of rotatable bonds is 3. The number of hydrogen-bond acceptors (Lipinski definition) is 5. The van der Waals surface area contributed by atoms with E-state index in [1.54, 1.807) is 30.5 Å². The Kier molecular flexibility index (Phi) is 5.50. The number of benzene rings is 2. The van der Waals surface area contributed by atoms with Gasteiger partial charge in [-0.05, 0) is 43.3 Å². The summed E-state index contributed by atoms with van der Waals surface area (Å²) in [5, 5.41) is 5.65. The average Bonchev–Trinajstić information content (AvgIpc) is 3.23. The zero-order chi connectivity index (χ0) is 23.9. The molecule has 34 heavy (non-hydrogen) atoms. The predicted molar refractivity (Wildman–Crippen MR) is 114 cm³/mol. The third kappa shape index (κ3) is 4.22. The number of nitrogens with zero attached hydrogens (tertiary/aromatic N) is 2. The van der Waals surface area contributed by atoms with Crippen LogP contribution in [0.25, 0.3) is 6.08 Å². The standard InChI is InChI=1S/C23H17F4N5O2/c24-18-3-1-14(10-17(18)23(25,26)27)31-22(33)32-8-6-13-9-15(2-4-20(13)32)34-21-16-5-7-28-11-19(16)29-12-30-21/h1-4,6,8-10,12,28H,5,7,11H2,(H,31,33)/p+1. The van der Waals surface area contributed by atoms with Gasteiger partial charge in [-0.15, -0.1) is 0 Å². The number of urea groups is 1. The van der Waals surface area contributed by atoms with E-state index in [0.717, 1.165) is 30.3 Å². The second-order valence-corrected chi connectivity index (χ2v) is 7.78. The summed E-state index contributed by atoms with van der Waals surface area (Å²) in [5.74, 6) is -0.400. The van der Waals surface area contributed by atoms with E-state index in [1.165, 1.54) is 6.33 Å². The molecule has 0 aliphatic carbocycles. The Morgan fingerprint density at radius 3 is 2.82 bits per heavy atom. The lowest BCUT2D eigenvalue weighted by Gasteiger charge is -2.18. The summed E-state index contributed by atoms with van der Waals surface area (Å²) >= 11 is 0. The quantitative estimate of drug-likeness (QED) is 0.506. The molecule has 7 nitrogen and oxygen atoms in total. The average molecular weight is 472 g/mol. The molecule has 5 rings (SSSR count). The number of alkyl halides is 3. The summed E-state index contributed by atoms with van der Waals surface area (Å²) in [6.07, 6.45) is 0.602. The minimum atomic E-state index is -4.87. The molecule has 0 bridgehead atoms. The predicted octanol–water partition coefficient (Wildman–Crippen LogP) is 3.81. The van der Waals surface area contributed by atoms with E-state index in [-0.39, 0.29) is 10.6 Å². The Bertz CT molecular complexity index is 1310. The van der Waals surface area contributed by atoms with E-state index in [4.69, 9.17) is 4.74 Å². The lowest BCUT2D eigenvalue weighted by atomic mass is 10.1. The fraction of sp³-hybridized carbons (Fsp3) is 0.174. The number of carbonyl (C=O) groups is 1. The molecule has 0 radical (unpaired) electrons. The van der Waals surface area contributed by atoms with Gasteiger partial charge in [0.05, 0.1) is 11.3 Å². The molecular weight excluding hydrogens is 454 g/mol. The summed E-state index contributed by atoms with van der Waals surface area (Å²) in [6, 6.07) is 6.85. The van der Waals surface area contributed by atoms with E-state index < -0.39 is 23.6 Å². The number of fused-ring (bicyclic) bond motifs is 2. The van der Waals surface area contributed by atoms with Crippen molar-refractivity contribution < 1.29 is 32.0 Å². The summed E-state index contributed by atoms with van der Waals surface area (Å²) in [5.41, 5.74) is 1.54. The highest BCUT2D eigenvalue weighted by atomic mass is 19.4. The van der Waals surface area contributed by atoms with Gasteiger partial charge in [0.1, 0.15) is 24.1 Å². The van der Waals surface area contributed by atoms with Gasteiger partial charge in [0.25, 0.3) is 0 Å². The normalized spacial score (nSPS) is 16.6. The van der Waals surface area contributed by atoms with Gasteiger partial charge in [-0.3, -0.25) is 5.32 Å². The minimum Gasteiger partial charge on any atom is -0.439 e. The number of carbonyl (C=O) groups excluding carboxylic acids is 1. The number of quaternary nitrogens is 1. The molecule has 1 unspecified atom stereocenters. The number of anilines is 1. The Balaban J connectivity index is 1.33. The van der Waals surface area contributed by atoms with Crippen molar-refractivity contribution in [3.8, 4) is 11.6 Å². The van der Waals surface area contributed by atoms with Gasteiger partial charge in [-0.2, -0.15) is 18.1 Å². The fourth-order valence-electron chi connectivity index (χ4n) is 3.92. The van der Waals surface area contributed by atoms with Crippen LogP contribution in [0.3, 0.4) is 0 Å². The van der Waals surface area contributed by atoms with Gasteiger partial charge in [0, 0.05) is 35.5 Å². The topological polar surface area (TPSA) is 80.6 Å². The molecule has 2 aromatic carbocycles. The number of ether oxygens (including phenoxy) is 1. The first kappa shape index (κ1) is 22.0. The summed E-state index contributed by atoms with van der Waals surface area (Å²) in [7, 11) is 0. The SMILES string of the molecule is O=C(Nc1ccc(F)c(C(F)(F)F)c1)[NH+]1C=Cc2cc(Oc3ncnc4c3CCNC4)ccc21. The van der Waals surface area contributed by atoms with Crippen LogP contribution in [0.5, 0.6) is 11.6 Å². The van der Waals surface area contributed by atoms with Crippen molar-refractivity contribution in [2.45, 2.75) is 19.1 Å². The molecule has 2 amide bonds. The maximum absolute atomic E-state index is 13.5. The molecule has 3 N–H and O–H groups in total. The Morgan fingerprint density at radius 1 is 1.15 bits per heavy atom. The molecule has 174 valence electrons. The third-order valence-corrected chi connectivity index (χ3v) is 5.57. The molecule has 1 atom stereocenters. The Labute approximate surface area is 191 Å². The zero-order valence-electron chi connectivity index (χ0n) is 17.5. The highest BCUT2D eigenvalue weighted by molar-refractivity contribution is 5.86. The second-order valence-electron chi connectivity index (χ2n) is 7.78. The smallest absolute Gasteiger partial charge is 0.429 e. The minimum absolute atomic E-state index is 0.156. The van der Waals surface area contributed by atoms with Crippen LogP contribution in [0, 0.1) is 5.82 Å². The van der Waals surface area contributed by atoms with Gasteiger partial charge in [-0.1, -0.05) is 0 Å². The van der Waals surface area contributed by atoms with Crippen molar-refractivity contribution in [1.82, 2.24) is 15.3 Å². The molecule has 0 fully saturated rings. The molecular formula is C23H18F4N5O2+. The Morgan fingerprint density at radius 2 is 2.00 bits per heavy atom. The number of nitrogens with one attached hydrogen (secondary N) is 3. The largest absolute Gasteiger partial charge is 0.439 e. The monoisotopic (exact) mass is 472 g/mol. The summed E-state index contributed by atoms with van der Waals surface area (Å²) in [4.78, 5) is 21.5. The fourth-order valence-corrected chi connectivity index (χ4v) is 3.92. The van der Waals surface area contributed by atoms with Crippen LogP contribution in [0.15, 0.2) is 48.9 Å². The van der Waals surface area contributed by atoms with Crippen LogP contribution in [-0.4, -0.2) is 22.5 Å². The first-order valence-electron chi connectivity index (χ1n) is 10.4. The molecule has 2 aliphatic rings. The number of aromatic nitrogens is 2. The highest BCUT2D eigenvalue weighted by Crippen LogP contribution is 2.33. The van der Waals surface area contributed by atoms with Gasteiger partial charge < -0.3 is 10.1 Å². The number of halogens is 4. The van der Waals surface area contributed by atoms with Crippen molar-refractivity contribution >= 4 is 23.5 Å². The van der Waals surface area contributed by atoms with E-state index in [9.17, 15) is 22.4 Å². The van der Waals surface area contributed by atoms with Crippen molar-refractivity contribution in [1.29, 1.82) is 0 Å². The van der Waals surface area contributed by atoms with Crippen molar-refractivity contribution in [2.75, 3.05) is 11.9 Å². The zero-order valence-corrected chi connectivity index (χ0v) is 17.5. The molecule has 0 saturated carbocycles. The van der Waals surface area contributed by atoms with Crippen LogP contribution >= 0.6 is 0 Å². The van der Waals surface area contributed by atoms with Gasteiger partial charge in [0.2, 0.25) is 5.88 Å². The van der Waals surface area contributed by atoms with E-state index in [2.05, 4.69) is 20.6 Å². The van der Waals surface area contributed by atoms with Gasteiger partial charge >= 0.3 is 12.2 Å². The molecule has 1 aromatic heterocycles. The molecule has 0 saturated heterocycles. The maximum atomic E-state index is 13.5. The second kappa shape index (κ2) is 8.50. The summed E-state index contributed by atoms with van der Waals surface area (Å²) < 4.78 is 58.4. The van der Waals surface area contributed by atoms with Crippen LogP contribution in [0.4, 0.5) is 33.7 Å².